The molecule has 1 aliphatic rings. The highest BCUT2D eigenvalue weighted by Crippen LogP contribution is 2.29. The van der Waals surface area contributed by atoms with E-state index in [1.807, 2.05) is 0 Å². The van der Waals surface area contributed by atoms with Crippen molar-refractivity contribution in [3.8, 4) is 5.75 Å². The minimum atomic E-state index is -3.48. The molecule has 19 heavy (non-hydrogen) atoms. The summed E-state index contributed by atoms with van der Waals surface area (Å²) in [5.74, 6) is 0.378. The topological polar surface area (TPSA) is 72.6 Å². The van der Waals surface area contributed by atoms with Crippen LogP contribution >= 0.6 is 0 Å². The Labute approximate surface area is 114 Å². The fourth-order valence-electron chi connectivity index (χ4n) is 2.29. The van der Waals surface area contributed by atoms with Crippen LogP contribution in [0, 0.1) is 0 Å². The molecule has 6 heteroatoms. The lowest BCUT2D eigenvalue weighted by atomic mass is 10.2. The Hall–Kier alpha value is -1.11. The van der Waals surface area contributed by atoms with Gasteiger partial charge in [0.1, 0.15) is 10.6 Å². The lowest BCUT2D eigenvalue weighted by molar-refractivity contribution is 0.342. The molecule has 1 heterocycles. The van der Waals surface area contributed by atoms with Crippen LogP contribution in [0.4, 0.5) is 0 Å². The van der Waals surface area contributed by atoms with Crippen LogP contribution in [-0.2, 0) is 16.6 Å². The van der Waals surface area contributed by atoms with Gasteiger partial charge in [-0.3, -0.25) is 0 Å². The van der Waals surface area contributed by atoms with E-state index in [0.717, 1.165) is 24.8 Å². The molecule has 0 amide bonds. The molecule has 0 saturated carbocycles. The van der Waals surface area contributed by atoms with Crippen LogP contribution in [0.25, 0.3) is 0 Å². The largest absolute Gasteiger partial charge is 0.495 e. The van der Waals surface area contributed by atoms with Gasteiger partial charge in [-0.05, 0) is 30.5 Å². The summed E-state index contributed by atoms with van der Waals surface area (Å²) in [7, 11) is -2.01. The summed E-state index contributed by atoms with van der Waals surface area (Å²) in [6, 6.07) is 5.07. The third-order valence-electron chi connectivity index (χ3n) is 3.40. The first kappa shape index (κ1) is 14.3. The van der Waals surface area contributed by atoms with Crippen molar-refractivity contribution in [2.75, 3.05) is 20.2 Å². The third-order valence-corrected chi connectivity index (χ3v) is 5.32. The summed E-state index contributed by atoms with van der Waals surface area (Å²) in [5.41, 5.74) is 6.37. The van der Waals surface area contributed by atoms with Crippen molar-refractivity contribution in [1.82, 2.24) is 4.31 Å². The van der Waals surface area contributed by atoms with Gasteiger partial charge in [0.15, 0.2) is 0 Å². The van der Waals surface area contributed by atoms with Gasteiger partial charge in [0.25, 0.3) is 0 Å². The van der Waals surface area contributed by atoms with Gasteiger partial charge in [0.2, 0.25) is 10.0 Å². The summed E-state index contributed by atoms with van der Waals surface area (Å²) in [4.78, 5) is 0.222. The second-order valence-corrected chi connectivity index (χ2v) is 6.56. The zero-order valence-corrected chi connectivity index (χ0v) is 11.9. The average molecular weight is 284 g/mol. The van der Waals surface area contributed by atoms with Crippen molar-refractivity contribution in [3.05, 3.63) is 23.8 Å². The number of piperidine rings is 1. The molecule has 1 aromatic rings. The molecule has 0 aromatic heterocycles. The zero-order chi connectivity index (χ0) is 13.9. The molecular weight excluding hydrogens is 264 g/mol. The Morgan fingerprint density at radius 3 is 2.53 bits per heavy atom. The Kier molecular flexibility index (Phi) is 4.44. The predicted octanol–water partition coefficient (Wildman–Crippen LogP) is 1.33. The van der Waals surface area contributed by atoms with Crippen LogP contribution < -0.4 is 10.5 Å². The van der Waals surface area contributed by atoms with E-state index in [-0.39, 0.29) is 4.90 Å². The molecule has 0 radical (unpaired) electrons. The number of hydrogen-bond acceptors (Lipinski definition) is 4. The Morgan fingerprint density at radius 1 is 1.26 bits per heavy atom. The van der Waals surface area contributed by atoms with Crippen molar-refractivity contribution in [3.63, 3.8) is 0 Å². The molecule has 1 aromatic carbocycles. The molecule has 2 N–H and O–H groups in total. The molecule has 5 nitrogen and oxygen atoms in total. The number of nitrogens with zero attached hydrogens (tertiary/aromatic N) is 1. The second-order valence-electron chi connectivity index (χ2n) is 4.65. The van der Waals surface area contributed by atoms with Gasteiger partial charge in [-0.2, -0.15) is 4.31 Å². The highest BCUT2D eigenvalue weighted by atomic mass is 32.2. The van der Waals surface area contributed by atoms with Gasteiger partial charge < -0.3 is 10.5 Å². The standard InChI is InChI=1S/C13H20N2O3S/c1-18-12-6-5-11(10-14)9-13(12)19(16,17)15-7-3-2-4-8-15/h5-6,9H,2-4,7-8,10,14H2,1H3. The number of nitrogens with two attached hydrogens (primary N) is 1. The highest BCUT2D eigenvalue weighted by molar-refractivity contribution is 7.89. The van der Waals surface area contributed by atoms with E-state index >= 15 is 0 Å². The Morgan fingerprint density at radius 2 is 1.95 bits per heavy atom. The van der Waals surface area contributed by atoms with Gasteiger partial charge in [0, 0.05) is 19.6 Å². The molecule has 1 fully saturated rings. The molecule has 1 aliphatic heterocycles. The third kappa shape index (κ3) is 2.91. The van der Waals surface area contributed by atoms with E-state index in [4.69, 9.17) is 10.5 Å². The molecule has 106 valence electrons. The summed E-state index contributed by atoms with van der Waals surface area (Å²) < 4.78 is 32.0. The van der Waals surface area contributed by atoms with Crippen molar-refractivity contribution in [2.45, 2.75) is 30.7 Å². The highest BCUT2D eigenvalue weighted by Gasteiger charge is 2.28. The molecular formula is C13H20N2O3S. The number of methoxy groups -OCH3 is 1. The summed E-state index contributed by atoms with van der Waals surface area (Å²) in [6.07, 6.45) is 2.92. The van der Waals surface area contributed by atoms with E-state index in [0.29, 0.717) is 25.4 Å². The summed E-state index contributed by atoms with van der Waals surface area (Å²) in [6.45, 7) is 1.48. The van der Waals surface area contributed by atoms with Crippen LogP contribution in [0.2, 0.25) is 0 Å². The Bertz CT molecular complexity index is 537. The fraction of sp³-hybridized carbons (Fsp3) is 0.538. The molecule has 0 bridgehead atoms. The molecule has 0 aliphatic carbocycles. The number of rotatable bonds is 4. The van der Waals surface area contributed by atoms with E-state index in [1.165, 1.54) is 11.4 Å². The van der Waals surface area contributed by atoms with Crippen LogP contribution in [0.15, 0.2) is 23.1 Å². The average Bonchev–Trinajstić information content (AvgIpc) is 2.47. The first-order valence-electron chi connectivity index (χ1n) is 6.46. The van der Waals surface area contributed by atoms with Gasteiger partial charge in [-0.25, -0.2) is 8.42 Å². The quantitative estimate of drug-likeness (QED) is 0.905. The molecule has 2 rings (SSSR count). The van der Waals surface area contributed by atoms with E-state index in [2.05, 4.69) is 0 Å². The minimum Gasteiger partial charge on any atom is -0.495 e. The van der Waals surface area contributed by atoms with Crippen LogP contribution in [0.3, 0.4) is 0 Å². The van der Waals surface area contributed by atoms with Crippen molar-refractivity contribution in [1.29, 1.82) is 0 Å². The summed E-state index contributed by atoms with van der Waals surface area (Å²) >= 11 is 0. The fourth-order valence-corrected chi connectivity index (χ4v) is 4.02. The van der Waals surface area contributed by atoms with Gasteiger partial charge in [-0.1, -0.05) is 12.5 Å². The zero-order valence-electron chi connectivity index (χ0n) is 11.1. The van der Waals surface area contributed by atoms with Crippen LogP contribution in [-0.4, -0.2) is 32.9 Å². The monoisotopic (exact) mass is 284 g/mol. The predicted molar refractivity (Wildman–Crippen MR) is 73.5 cm³/mol. The smallest absolute Gasteiger partial charge is 0.246 e. The van der Waals surface area contributed by atoms with Crippen molar-refractivity contribution >= 4 is 10.0 Å². The normalized spacial score (nSPS) is 17.4. The van der Waals surface area contributed by atoms with Crippen molar-refractivity contribution < 1.29 is 13.2 Å². The first-order valence-corrected chi connectivity index (χ1v) is 7.90. The lowest BCUT2D eigenvalue weighted by Gasteiger charge is -2.26. The van der Waals surface area contributed by atoms with Crippen molar-refractivity contribution in [2.24, 2.45) is 5.73 Å². The number of hydrogen-bond donors (Lipinski definition) is 1. The van der Waals surface area contributed by atoms with Gasteiger partial charge in [0.05, 0.1) is 7.11 Å². The minimum absolute atomic E-state index is 0.222. The summed E-state index contributed by atoms with van der Waals surface area (Å²) in [5, 5.41) is 0. The van der Waals surface area contributed by atoms with E-state index in [1.54, 1.807) is 18.2 Å². The van der Waals surface area contributed by atoms with E-state index in [9.17, 15) is 8.42 Å². The van der Waals surface area contributed by atoms with Gasteiger partial charge >= 0.3 is 0 Å². The Balaban J connectivity index is 2.43. The molecule has 0 unspecified atom stereocenters. The molecule has 0 spiro atoms. The number of benzene rings is 1. The molecule has 1 saturated heterocycles. The number of sulfonamides is 1. The van der Waals surface area contributed by atoms with Crippen LogP contribution in [0.5, 0.6) is 5.75 Å². The molecule has 0 atom stereocenters. The van der Waals surface area contributed by atoms with E-state index < -0.39 is 10.0 Å². The SMILES string of the molecule is COc1ccc(CN)cc1S(=O)(=O)N1CCCCC1. The first-order chi connectivity index (χ1) is 9.09. The van der Waals surface area contributed by atoms with Crippen LogP contribution in [0.1, 0.15) is 24.8 Å². The maximum Gasteiger partial charge on any atom is 0.246 e. The lowest BCUT2D eigenvalue weighted by Crippen LogP contribution is -2.35. The van der Waals surface area contributed by atoms with Gasteiger partial charge in [-0.15, -0.1) is 0 Å². The maximum atomic E-state index is 12.6. The maximum absolute atomic E-state index is 12.6. The second kappa shape index (κ2) is 5.90. The number of ether oxygens (including phenoxy) is 1.